The molecule has 0 aromatic heterocycles. The fourth-order valence-corrected chi connectivity index (χ4v) is 9.55. The highest BCUT2D eigenvalue weighted by molar-refractivity contribution is 6.03. The van der Waals surface area contributed by atoms with Crippen LogP contribution in [0.15, 0.2) is 102 Å². The molecule has 0 spiro atoms. The molecular formula is C50H64N4O12. The predicted molar refractivity (Wildman–Crippen MR) is 247 cm³/mol. The van der Waals surface area contributed by atoms with E-state index in [0.717, 1.165) is 36.0 Å². The molecule has 16 nitrogen and oxygen atoms in total. The number of unbranched alkanes of at least 4 members (excludes halogenated alkanes) is 2. The molecule has 6 unspecified atom stereocenters. The number of nitro benzene ring substituents is 1. The number of carbonyl (C=O) groups is 2. The lowest BCUT2D eigenvalue weighted by Gasteiger charge is -2.59. The van der Waals surface area contributed by atoms with Gasteiger partial charge in [0.15, 0.2) is 0 Å². The third-order valence-corrected chi connectivity index (χ3v) is 12.4. The van der Waals surface area contributed by atoms with Gasteiger partial charge in [0.1, 0.15) is 30.8 Å². The molecule has 1 aliphatic heterocycles. The van der Waals surface area contributed by atoms with E-state index < -0.39 is 34.9 Å². The Kier molecular flexibility index (Phi) is 18.5. The van der Waals surface area contributed by atoms with Crippen molar-refractivity contribution in [2.45, 2.75) is 96.2 Å². The lowest BCUT2D eigenvalue weighted by molar-refractivity contribution is -0.384. The summed E-state index contributed by atoms with van der Waals surface area (Å²) in [7, 11) is 0. The number of fused-ring (bicyclic) bond motifs is 2. The van der Waals surface area contributed by atoms with E-state index in [9.17, 15) is 29.9 Å². The molecular weight excluding hydrogens is 849 g/mol. The number of amides is 2. The maximum absolute atomic E-state index is 14.6. The van der Waals surface area contributed by atoms with Crippen molar-refractivity contribution >= 4 is 23.6 Å². The number of non-ortho nitro benzene ring substituents is 1. The number of allylic oxidation sites excluding steroid dienone is 1. The van der Waals surface area contributed by atoms with Crippen LogP contribution in [0, 0.1) is 27.9 Å². The number of rotatable bonds is 25. The van der Waals surface area contributed by atoms with E-state index in [4.69, 9.17) is 33.7 Å². The third kappa shape index (κ3) is 12.1. The van der Waals surface area contributed by atoms with Crippen molar-refractivity contribution in [3.8, 4) is 11.5 Å². The first kappa shape index (κ1) is 49.6. The summed E-state index contributed by atoms with van der Waals surface area (Å²) in [5.74, 6) is -1.77. The summed E-state index contributed by atoms with van der Waals surface area (Å²) >= 11 is 0. The van der Waals surface area contributed by atoms with Crippen LogP contribution in [0.3, 0.4) is 0 Å². The van der Waals surface area contributed by atoms with Gasteiger partial charge in [-0.3, -0.25) is 15.0 Å². The van der Waals surface area contributed by atoms with Gasteiger partial charge < -0.3 is 44.1 Å². The van der Waals surface area contributed by atoms with Gasteiger partial charge in [-0.1, -0.05) is 67.4 Å². The largest absolute Gasteiger partial charge is 0.459 e. The number of oxime groups is 1. The van der Waals surface area contributed by atoms with Gasteiger partial charge in [0.05, 0.1) is 36.4 Å². The van der Waals surface area contributed by atoms with Crippen LogP contribution >= 0.6 is 0 Å². The molecule has 66 heavy (non-hydrogen) atoms. The molecule has 356 valence electrons. The van der Waals surface area contributed by atoms with Crippen LogP contribution in [0.5, 0.6) is 11.5 Å². The second kappa shape index (κ2) is 24.6. The molecule has 16 heteroatoms. The Bertz CT molecular complexity index is 2130. The van der Waals surface area contributed by atoms with Crippen molar-refractivity contribution in [1.29, 1.82) is 0 Å². The molecule has 1 heterocycles. The zero-order chi connectivity index (χ0) is 46.9. The van der Waals surface area contributed by atoms with Crippen LogP contribution in [-0.2, 0) is 32.3 Å². The molecule has 3 aromatic rings. The Labute approximate surface area is 386 Å². The van der Waals surface area contributed by atoms with Crippen molar-refractivity contribution in [2.75, 3.05) is 46.1 Å². The van der Waals surface area contributed by atoms with E-state index in [2.05, 4.69) is 18.0 Å². The number of nitrogens with zero attached hydrogens (tertiary/aromatic N) is 3. The fourth-order valence-electron chi connectivity index (χ4n) is 9.55. The van der Waals surface area contributed by atoms with Crippen LogP contribution in [0.2, 0.25) is 0 Å². The number of hydrogen-bond acceptors (Lipinski definition) is 13. The average Bonchev–Trinajstić information content (AvgIpc) is 3.32. The minimum Gasteiger partial charge on any atom is -0.459 e. The fraction of sp³-hybridized carbons (Fsp3) is 0.500. The lowest BCUT2D eigenvalue weighted by atomic mass is 9.55. The van der Waals surface area contributed by atoms with Gasteiger partial charge in [-0.05, 0) is 97.9 Å². The molecule has 0 radical (unpaired) electrons. The van der Waals surface area contributed by atoms with E-state index >= 15 is 0 Å². The van der Waals surface area contributed by atoms with E-state index in [0.29, 0.717) is 61.6 Å². The number of hydrogen-bond donors (Lipinski definition) is 3. The molecule has 2 aliphatic carbocycles. The van der Waals surface area contributed by atoms with Crippen molar-refractivity contribution in [3.63, 3.8) is 0 Å². The summed E-state index contributed by atoms with van der Waals surface area (Å²) in [5.41, 5.74) is 3.80. The summed E-state index contributed by atoms with van der Waals surface area (Å²) in [4.78, 5) is 46.0. The highest BCUT2D eigenvalue weighted by Crippen LogP contribution is 2.62. The molecule has 0 saturated heterocycles. The number of ether oxygens (including phenoxy) is 5. The first-order valence-corrected chi connectivity index (χ1v) is 23.1. The molecule has 6 rings (SSSR count). The van der Waals surface area contributed by atoms with Crippen LogP contribution in [0.4, 0.5) is 15.3 Å². The molecule has 1 saturated carbocycles. The second-order valence-corrected chi connectivity index (χ2v) is 16.7. The minimum atomic E-state index is -1.53. The highest BCUT2D eigenvalue weighted by Gasteiger charge is 2.65. The zero-order valence-corrected chi connectivity index (χ0v) is 38.0. The Balaban J connectivity index is 1.48. The number of carbonyl (C=O) groups excluding carboxylic acids is 2. The van der Waals surface area contributed by atoms with Crippen LogP contribution in [0.25, 0.3) is 0 Å². The number of aliphatic hydroxyl groups is 2. The van der Waals surface area contributed by atoms with E-state index in [1.807, 2.05) is 43.3 Å². The molecule has 3 aliphatic rings. The van der Waals surface area contributed by atoms with Gasteiger partial charge in [-0.15, -0.1) is 6.58 Å². The second-order valence-electron chi connectivity index (χ2n) is 16.7. The van der Waals surface area contributed by atoms with Crippen molar-refractivity contribution in [3.05, 3.63) is 124 Å². The maximum atomic E-state index is 14.6. The van der Waals surface area contributed by atoms with Crippen molar-refractivity contribution in [1.82, 2.24) is 10.2 Å². The lowest BCUT2D eigenvalue weighted by Crippen LogP contribution is -2.70. The topological polar surface area (TPSA) is 201 Å². The van der Waals surface area contributed by atoms with Gasteiger partial charge in [-0.25, -0.2) is 9.59 Å². The summed E-state index contributed by atoms with van der Waals surface area (Å²) < 4.78 is 31.9. The summed E-state index contributed by atoms with van der Waals surface area (Å²) in [6.45, 7) is 9.12. The molecule has 2 amide bonds. The normalized spacial score (nSPS) is 22.2. The molecule has 3 N–H and O–H groups in total. The van der Waals surface area contributed by atoms with E-state index in [1.54, 1.807) is 42.2 Å². The summed E-state index contributed by atoms with van der Waals surface area (Å²) in [6, 6.07) is 20.3. The van der Waals surface area contributed by atoms with Crippen LogP contribution in [0.1, 0.15) is 87.8 Å². The maximum Gasteiger partial charge on any atom is 0.412 e. The Morgan fingerprint density at radius 3 is 2.42 bits per heavy atom. The Morgan fingerprint density at radius 1 is 0.985 bits per heavy atom. The van der Waals surface area contributed by atoms with Gasteiger partial charge in [-0.2, -0.15) is 0 Å². The van der Waals surface area contributed by atoms with Gasteiger partial charge in [0, 0.05) is 56.3 Å². The molecule has 6 atom stereocenters. The first-order chi connectivity index (χ1) is 32.2. The number of aliphatic hydroxyl groups excluding tert-OH is 2. The summed E-state index contributed by atoms with van der Waals surface area (Å²) in [6.07, 6.45) is 7.53. The quantitative estimate of drug-likeness (QED) is 0.0317. The van der Waals surface area contributed by atoms with Gasteiger partial charge in [0.2, 0.25) is 5.79 Å². The van der Waals surface area contributed by atoms with Gasteiger partial charge >= 0.3 is 12.2 Å². The van der Waals surface area contributed by atoms with Crippen molar-refractivity contribution < 1.29 is 53.2 Å². The van der Waals surface area contributed by atoms with Gasteiger partial charge in [0.25, 0.3) is 5.69 Å². The average molecular weight is 913 g/mol. The third-order valence-electron chi connectivity index (χ3n) is 12.4. The molecule has 0 bridgehead atoms. The van der Waals surface area contributed by atoms with Crippen LogP contribution < -0.4 is 14.8 Å². The standard InChI is InChI=1S/C50H64N4O12/c1-4-24-53(49(58)62-29-28-61-33-35-14-8-7-9-15-35)45-32-43(52-64-34-36-18-20-38(21-19-36)54(59)60)41-30-37(16-10-12-25-55)40(17-11-13-26-56)46-42-31-39(65-48(57)51-6-3)22-23-44(42)66-50(45,47(41)46)63-27-5-2/h5,7-9,14-15,18-23,30-31,37,40,45-47,55-56H,2,4,6,10-13,16-17,24-29,32-34H2,1,3H3,(H,51,57). The highest BCUT2D eigenvalue weighted by atomic mass is 16.7. The number of benzene rings is 3. The van der Waals surface area contributed by atoms with E-state index in [1.165, 1.54) is 12.1 Å². The predicted octanol–water partition coefficient (Wildman–Crippen LogP) is 8.60. The van der Waals surface area contributed by atoms with Crippen molar-refractivity contribution in [2.24, 2.45) is 22.9 Å². The molecule has 3 aromatic carbocycles. The van der Waals surface area contributed by atoms with Crippen LogP contribution in [-0.4, -0.2) is 95.9 Å². The summed E-state index contributed by atoms with van der Waals surface area (Å²) in [5, 5.41) is 38.7. The minimum absolute atomic E-state index is 0.00382. The SMILES string of the molecule is C=CCOC12Oc3ccc(OC(=O)NCC)cc3C3C(CCCCO)C(CCCCO)C=C(C(=NOCc4ccc([N+](=O)[O-])cc4)CC1N(CCC)C(=O)OCCOCc1ccccc1)C32. The Hall–Kier alpha value is -5.81. The number of nitro groups is 1. The zero-order valence-electron chi connectivity index (χ0n) is 38.0. The Morgan fingerprint density at radius 2 is 1.73 bits per heavy atom. The number of nitrogens with one attached hydrogen (secondary N) is 1. The van der Waals surface area contributed by atoms with E-state index in [-0.39, 0.29) is 76.0 Å². The monoisotopic (exact) mass is 912 g/mol. The smallest absolute Gasteiger partial charge is 0.412 e. The molecule has 1 fully saturated rings. The first-order valence-electron chi connectivity index (χ1n) is 23.1.